The van der Waals surface area contributed by atoms with Gasteiger partial charge in [0.2, 0.25) is 11.8 Å². The van der Waals surface area contributed by atoms with Crippen LogP contribution in [0.2, 0.25) is 0 Å². The number of hydrogen-bond acceptors (Lipinski definition) is 4. The van der Waals surface area contributed by atoms with Gasteiger partial charge in [0.15, 0.2) is 5.78 Å². The van der Waals surface area contributed by atoms with Gasteiger partial charge in [-0.15, -0.1) is 0 Å². The number of carbonyl (C=O) groups excluding carboxylic acids is 3. The minimum Gasteiger partial charge on any atom is -0.495 e. The second-order valence-corrected chi connectivity index (χ2v) is 10.1. The number of imide groups is 1. The molecule has 7 rings (SSSR count). The van der Waals surface area contributed by atoms with E-state index in [4.69, 9.17) is 4.74 Å². The number of halogens is 1. The molecular weight excluding hydrogens is 482 g/mol. The number of anilines is 1. The van der Waals surface area contributed by atoms with E-state index in [9.17, 15) is 14.4 Å². The van der Waals surface area contributed by atoms with E-state index in [2.05, 4.69) is 28.1 Å². The van der Waals surface area contributed by atoms with Crippen molar-refractivity contribution in [3.8, 4) is 5.75 Å². The highest BCUT2D eigenvalue weighted by atomic mass is 79.9. The molecular formula is C27H20BrNO4. The van der Waals surface area contributed by atoms with Gasteiger partial charge in [0, 0.05) is 11.5 Å². The summed E-state index contributed by atoms with van der Waals surface area (Å²) in [7, 11) is 1.49. The predicted octanol–water partition coefficient (Wildman–Crippen LogP) is 4.80. The van der Waals surface area contributed by atoms with Crippen molar-refractivity contribution in [1.82, 2.24) is 0 Å². The molecule has 164 valence electrons. The lowest BCUT2D eigenvalue weighted by Crippen LogP contribution is -2.50. The molecule has 3 aromatic rings. The van der Waals surface area contributed by atoms with Crippen molar-refractivity contribution in [3.63, 3.8) is 0 Å². The lowest BCUT2D eigenvalue weighted by atomic mass is 9.55. The second kappa shape index (κ2) is 6.87. The highest BCUT2D eigenvalue weighted by Gasteiger charge is 2.67. The Morgan fingerprint density at radius 2 is 1.55 bits per heavy atom. The van der Waals surface area contributed by atoms with E-state index in [1.165, 1.54) is 18.9 Å². The minimum atomic E-state index is -0.813. The summed E-state index contributed by atoms with van der Waals surface area (Å²) >= 11 is 3.99. The molecule has 5 nitrogen and oxygen atoms in total. The van der Waals surface area contributed by atoms with Crippen molar-refractivity contribution in [2.45, 2.75) is 17.2 Å². The van der Waals surface area contributed by atoms with Crippen molar-refractivity contribution in [3.05, 3.63) is 94.5 Å². The monoisotopic (exact) mass is 501 g/mol. The summed E-state index contributed by atoms with van der Waals surface area (Å²) in [6.07, 6.45) is 0. The van der Waals surface area contributed by atoms with E-state index in [-0.39, 0.29) is 23.5 Å². The molecule has 1 heterocycles. The number of ketones is 1. The molecule has 1 fully saturated rings. The molecule has 3 aromatic carbocycles. The first-order chi connectivity index (χ1) is 15.9. The zero-order chi connectivity index (χ0) is 23.1. The van der Waals surface area contributed by atoms with Gasteiger partial charge in [0.1, 0.15) is 5.75 Å². The summed E-state index contributed by atoms with van der Waals surface area (Å²) in [4.78, 5) is 41.3. The third-order valence-electron chi connectivity index (χ3n) is 7.34. The minimum absolute atomic E-state index is 0.146. The van der Waals surface area contributed by atoms with Gasteiger partial charge >= 0.3 is 0 Å². The SMILES string of the molecule is COc1ccc(C(C)=O)cc1N1C(=O)[C@H]2C3c4ccccc4C(Br)(c4ccccc43)[C@H]2C1=O. The van der Waals surface area contributed by atoms with Crippen LogP contribution in [0.4, 0.5) is 5.69 Å². The molecule has 3 aliphatic carbocycles. The van der Waals surface area contributed by atoms with Crippen LogP contribution in [0, 0.1) is 11.8 Å². The number of ether oxygens (including phenoxy) is 1. The highest BCUT2D eigenvalue weighted by molar-refractivity contribution is 9.09. The Morgan fingerprint density at radius 1 is 0.939 bits per heavy atom. The van der Waals surface area contributed by atoms with Crippen molar-refractivity contribution in [2.75, 3.05) is 12.0 Å². The lowest BCUT2D eigenvalue weighted by molar-refractivity contribution is -0.122. The van der Waals surface area contributed by atoms with Crippen LogP contribution in [0.15, 0.2) is 66.7 Å². The number of hydrogen-bond donors (Lipinski definition) is 0. The van der Waals surface area contributed by atoms with Gasteiger partial charge in [0.05, 0.1) is 29.0 Å². The molecule has 1 aliphatic heterocycles. The second-order valence-electron chi connectivity index (χ2n) is 8.82. The summed E-state index contributed by atoms with van der Waals surface area (Å²) < 4.78 is 4.68. The highest BCUT2D eigenvalue weighted by Crippen LogP contribution is 2.66. The number of methoxy groups -OCH3 is 1. The molecule has 2 bridgehead atoms. The molecule has 0 N–H and O–H groups in total. The summed E-state index contributed by atoms with van der Waals surface area (Å²) in [5, 5.41) is 0. The van der Waals surface area contributed by atoms with E-state index in [1.807, 2.05) is 36.4 Å². The maximum absolute atomic E-state index is 14.0. The molecule has 0 unspecified atom stereocenters. The fourth-order valence-corrected chi connectivity index (χ4v) is 7.20. The zero-order valence-electron chi connectivity index (χ0n) is 18.0. The van der Waals surface area contributed by atoms with Crippen LogP contribution in [-0.4, -0.2) is 24.7 Å². The average molecular weight is 502 g/mol. The first-order valence-corrected chi connectivity index (χ1v) is 11.6. The molecule has 0 radical (unpaired) electrons. The first-order valence-electron chi connectivity index (χ1n) is 10.8. The van der Waals surface area contributed by atoms with Gasteiger partial charge < -0.3 is 4.74 Å². The van der Waals surface area contributed by atoms with E-state index in [0.717, 1.165) is 22.3 Å². The van der Waals surface area contributed by atoms with Gasteiger partial charge in [-0.25, -0.2) is 4.90 Å². The number of benzene rings is 3. The predicted molar refractivity (Wildman–Crippen MR) is 127 cm³/mol. The van der Waals surface area contributed by atoms with Crippen molar-refractivity contribution in [2.24, 2.45) is 11.8 Å². The Hall–Kier alpha value is -3.25. The standard InChI is InChI=1S/C27H20BrNO4/c1-14(30)15-11-12-21(33-2)20(13-15)29-25(31)23-22-16-7-3-5-9-18(16)27(28,24(23)26(29)32)19-10-6-4-8-17(19)22/h3-13,22-24H,1-2H3/t22?,23-,24+,27?/m0/s1. The Balaban J connectivity index is 1.59. The number of amides is 2. The quantitative estimate of drug-likeness (QED) is 0.293. The van der Waals surface area contributed by atoms with Gasteiger partial charge in [0.25, 0.3) is 0 Å². The smallest absolute Gasteiger partial charge is 0.239 e. The van der Waals surface area contributed by atoms with Gasteiger partial charge in [-0.3, -0.25) is 14.4 Å². The van der Waals surface area contributed by atoms with Gasteiger partial charge in [-0.05, 0) is 47.4 Å². The molecule has 0 aromatic heterocycles. The summed E-state index contributed by atoms with van der Waals surface area (Å²) in [5.74, 6) is -1.68. The number of carbonyl (C=O) groups is 3. The van der Waals surface area contributed by atoms with Crippen LogP contribution < -0.4 is 9.64 Å². The fraction of sp³-hybridized carbons (Fsp3) is 0.222. The Labute approximate surface area is 199 Å². The summed E-state index contributed by atoms with van der Waals surface area (Å²) in [5.41, 5.74) is 4.94. The summed E-state index contributed by atoms with van der Waals surface area (Å²) in [6.45, 7) is 1.46. The van der Waals surface area contributed by atoms with E-state index < -0.39 is 16.2 Å². The maximum Gasteiger partial charge on any atom is 0.239 e. The third-order valence-corrected chi connectivity index (χ3v) is 8.69. The number of Topliss-reactive ketones (excluding diaryl/α,β-unsaturated/α-hetero) is 1. The molecule has 4 aliphatic rings. The van der Waals surface area contributed by atoms with Crippen molar-refractivity contribution in [1.29, 1.82) is 0 Å². The zero-order valence-corrected chi connectivity index (χ0v) is 19.6. The molecule has 1 saturated heterocycles. The maximum atomic E-state index is 14.0. The van der Waals surface area contributed by atoms with Crippen LogP contribution in [0.5, 0.6) is 5.75 Å². The number of alkyl halides is 1. The van der Waals surface area contributed by atoms with Gasteiger partial charge in [-0.2, -0.15) is 0 Å². The Kier molecular flexibility index (Phi) is 4.24. The summed E-state index contributed by atoms with van der Waals surface area (Å²) in [6, 6.07) is 21.0. The fourth-order valence-electron chi connectivity index (χ4n) is 6.00. The van der Waals surface area contributed by atoms with Crippen LogP contribution in [0.1, 0.15) is 45.5 Å². The molecule has 2 amide bonds. The van der Waals surface area contributed by atoms with Gasteiger partial charge in [-0.1, -0.05) is 64.5 Å². The molecule has 6 heteroatoms. The normalized spacial score (nSPS) is 26.6. The average Bonchev–Trinajstić information content (AvgIpc) is 3.10. The Morgan fingerprint density at radius 3 is 2.12 bits per heavy atom. The van der Waals surface area contributed by atoms with Crippen LogP contribution >= 0.6 is 15.9 Å². The first kappa shape index (κ1) is 20.4. The Bertz CT molecular complexity index is 1330. The van der Waals surface area contributed by atoms with Crippen LogP contribution in [0.3, 0.4) is 0 Å². The van der Waals surface area contributed by atoms with E-state index in [1.54, 1.807) is 18.2 Å². The van der Waals surface area contributed by atoms with E-state index in [0.29, 0.717) is 17.0 Å². The molecule has 33 heavy (non-hydrogen) atoms. The third kappa shape index (κ3) is 2.44. The number of rotatable bonds is 3. The largest absolute Gasteiger partial charge is 0.495 e. The van der Waals surface area contributed by atoms with Crippen LogP contribution in [-0.2, 0) is 13.9 Å². The van der Waals surface area contributed by atoms with Crippen LogP contribution in [0.25, 0.3) is 0 Å². The number of nitrogens with zero attached hydrogens (tertiary/aromatic N) is 1. The molecule has 2 atom stereocenters. The van der Waals surface area contributed by atoms with Crippen molar-refractivity contribution < 1.29 is 19.1 Å². The lowest BCUT2D eigenvalue weighted by Gasteiger charge is -2.51. The molecule has 0 spiro atoms. The topological polar surface area (TPSA) is 63.7 Å². The molecule has 0 saturated carbocycles. The van der Waals surface area contributed by atoms with Crippen molar-refractivity contribution >= 4 is 39.2 Å². The van der Waals surface area contributed by atoms with E-state index >= 15 is 0 Å².